The molecule has 144 valence electrons. The number of aryl methyl sites for hydroxylation is 2. The topological polar surface area (TPSA) is 66.4 Å². The molecule has 1 aromatic heterocycles. The van der Waals surface area contributed by atoms with Crippen molar-refractivity contribution in [3.63, 3.8) is 0 Å². The van der Waals surface area contributed by atoms with Crippen LogP contribution < -0.4 is 5.32 Å². The van der Waals surface area contributed by atoms with E-state index in [1.54, 1.807) is 29.6 Å². The molecule has 0 saturated carbocycles. The van der Waals surface area contributed by atoms with Gasteiger partial charge in [0.15, 0.2) is 0 Å². The number of carbonyl (C=O) groups is 2. The van der Waals surface area contributed by atoms with Gasteiger partial charge in [-0.05, 0) is 54.7 Å². The maximum atomic E-state index is 12.5. The lowest BCUT2D eigenvalue weighted by atomic mass is 9.98. The lowest BCUT2D eigenvalue weighted by Gasteiger charge is -2.10. The van der Waals surface area contributed by atoms with Crippen LogP contribution in [0.15, 0.2) is 47.8 Å². The first-order chi connectivity index (χ1) is 13.4. The molecule has 0 spiro atoms. The van der Waals surface area contributed by atoms with Gasteiger partial charge < -0.3 is 10.4 Å². The van der Waals surface area contributed by atoms with Gasteiger partial charge in [-0.1, -0.05) is 41.9 Å². The molecule has 3 rings (SSSR count). The minimum atomic E-state index is -1.07. The number of anilines is 1. The summed E-state index contributed by atoms with van der Waals surface area (Å²) >= 11 is 7.13. The number of aromatic carboxylic acids is 1. The summed E-state index contributed by atoms with van der Waals surface area (Å²) < 4.78 is 0. The first-order valence-corrected chi connectivity index (χ1v) is 10.1. The van der Waals surface area contributed by atoms with Crippen LogP contribution in [0.1, 0.15) is 33.5 Å². The number of benzene rings is 2. The van der Waals surface area contributed by atoms with Crippen LogP contribution in [0.2, 0.25) is 5.02 Å². The second-order valence-corrected chi connectivity index (χ2v) is 7.90. The lowest BCUT2D eigenvalue weighted by Crippen LogP contribution is -2.14. The van der Waals surface area contributed by atoms with E-state index in [0.717, 1.165) is 22.3 Å². The van der Waals surface area contributed by atoms with Crippen LogP contribution in [-0.2, 0) is 11.2 Å². The number of carbonyl (C=O) groups excluding carboxylic acids is 1. The van der Waals surface area contributed by atoms with E-state index in [1.165, 1.54) is 11.3 Å². The number of rotatable bonds is 6. The molecule has 28 heavy (non-hydrogen) atoms. The predicted octanol–water partition coefficient (Wildman–Crippen LogP) is 5.95. The second kappa shape index (κ2) is 8.59. The van der Waals surface area contributed by atoms with Crippen LogP contribution in [0, 0.1) is 13.8 Å². The summed E-state index contributed by atoms with van der Waals surface area (Å²) in [5.74, 6) is -1.27. The SMILES string of the molecule is Cc1cccc(C)c1CCC(=O)Nc1scc(-c2ccc(Cl)cc2)c1C(=O)O. The van der Waals surface area contributed by atoms with Crippen molar-refractivity contribution in [2.75, 3.05) is 5.32 Å². The fourth-order valence-corrected chi connectivity index (χ4v) is 4.28. The van der Waals surface area contributed by atoms with Gasteiger partial charge in [-0.2, -0.15) is 0 Å². The average Bonchev–Trinajstić information content (AvgIpc) is 3.05. The maximum absolute atomic E-state index is 12.5. The van der Waals surface area contributed by atoms with E-state index in [1.807, 2.05) is 32.0 Å². The standard InChI is InChI=1S/C22H20ClNO3S/c1-13-4-3-5-14(2)17(13)10-11-19(25)24-21-20(22(26)27)18(12-28-21)15-6-8-16(23)9-7-15/h3-9,12H,10-11H2,1-2H3,(H,24,25)(H,26,27). The molecule has 4 nitrogen and oxygen atoms in total. The van der Waals surface area contributed by atoms with Gasteiger partial charge in [-0.25, -0.2) is 4.79 Å². The Morgan fingerprint density at radius 3 is 2.32 bits per heavy atom. The summed E-state index contributed by atoms with van der Waals surface area (Å²) in [6.07, 6.45) is 0.904. The maximum Gasteiger partial charge on any atom is 0.339 e. The number of halogens is 1. The minimum Gasteiger partial charge on any atom is -0.478 e. The van der Waals surface area contributed by atoms with E-state index in [-0.39, 0.29) is 11.5 Å². The fourth-order valence-electron chi connectivity index (χ4n) is 3.18. The highest BCUT2D eigenvalue weighted by molar-refractivity contribution is 7.15. The van der Waals surface area contributed by atoms with Crippen LogP contribution in [0.4, 0.5) is 5.00 Å². The normalized spacial score (nSPS) is 10.7. The zero-order chi connectivity index (χ0) is 20.3. The number of thiophene rings is 1. The molecule has 3 aromatic rings. The van der Waals surface area contributed by atoms with Crippen LogP contribution in [0.3, 0.4) is 0 Å². The summed E-state index contributed by atoms with van der Waals surface area (Å²) in [6, 6.07) is 13.0. The van der Waals surface area contributed by atoms with Gasteiger partial charge in [0.25, 0.3) is 0 Å². The van der Waals surface area contributed by atoms with Crippen molar-refractivity contribution in [2.24, 2.45) is 0 Å². The van der Waals surface area contributed by atoms with Crippen LogP contribution in [0.25, 0.3) is 11.1 Å². The Balaban J connectivity index is 1.77. The molecule has 6 heteroatoms. The third-order valence-corrected chi connectivity index (χ3v) is 5.81. The van der Waals surface area contributed by atoms with E-state index in [4.69, 9.17) is 11.6 Å². The van der Waals surface area contributed by atoms with E-state index < -0.39 is 5.97 Å². The molecule has 0 aliphatic carbocycles. The monoisotopic (exact) mass is 413 g/mol. The minimum absolute atomic E-state index is 0.104. The first kappa shape index (κ1) is 20.1. The second-order valence-electron chi connectivity index (χ2n) is 6.58. The van der Waals surface area contributed by atoms with Crippen LogP contribution in [-0.4, -0.2) is 17.0 Å². The number of carboxylic acid groups (broad SMARTS) is 1. The molecular formula is C22H20ClNO3S. The summed E-state index contributed by atoms with van der Waals surface area (Å²) in [6.45, 7) is 4.06. The van der Waals surface area contributed by atoms with Crippen molar-refractivity contribution in [1.82, 2.24) is 0 Å². The largest absolute Gasteiger partial charge is 0.478 e. The van der Waals surface area contributed by atoms with Crippen molar-refractivity contribution >= 4 is 39.8 Å². The molecule has 0 saturated heterocycles. The number of nitrogens with one attached hydrogen (secondary N) is 1. The molecule has 0 radical (unpaired) electrons. The highest BCUT2D eigenvalue weighted by Crippen LogP contribution is 2.36. The zero-order valence-corrected chi connectivity index (χ0v) is 17.2. The zero-order valence-electron chi connectivity index (χ0n) is 15.6. The van der Waals surface area contributed by atoms with Crippen LogP contribution >= 0.6 is 22.9 Å². The summed E-state index contributed by atoms with van der Waals surface area (Å²) in [5, 5.41) is 15.1. The lowest BCUT2D eigenvalue weighted by molar-refractivity contribution is -0.116. The van der Waals surface area contributed by atoms with Crippen LogP contribution in [0.5, 0.6) is 0 Å². The van der Waals surface area contributed by atoms with Gasteiger partial charge in [0.1, 0.15) is 10.6 Å². The Kier molecular flexibility index (Phi) is 6.17. The number of hydrogen-bond donors (Lipinski definition) is 2. The van der Waals surface area contributed by atoms with E-state index >= 15 is 0 Å². The van der Waals surface area contributed by atoms with E-state index in [0.29, 0.717) is 28.4 Å². The molecule has 0 fully saturated rings. The third-order valence-electron chi connectivity index (χ3n) is 4.66. The van der Waals surface area contributed by atoms with Crippen molar-refractivity contribution in [2.45, 2.75) is 26.7 Å². The van der Waals surface area contributed by atoms with Crippen molar-refractivity contribution in [3.05, 3.63) is 75.1 Å². The molecule has 1 amide bonds. The molecule has 1 heterocycles. The van der Waals surface area contributed by atoms with E-state index in [2.05, 4.69) is 5.32 Å². The highest BCUT2D eigenvalue weighted by Gasteiger charge is 2.21. The van der Waals surface area contributed by atoms with Gasteiger partial charge >= 0.3 is 5.97 Å². The van der Waals surface area contributed by atoms with Gasteiger partial charge in [0.05, 0.1) is 0 Å². The Morgan fingerprint density at radius 2 is 1.71 bits per heavy atom. The van der Waals surface area contributed by atoms with Gasteiger partial charge in [0, 0.05) is 22.4 Å². The fraction of sp³-hybridized carbons (Fsp3) is 0.182. The molecule has 0 bridgehead atoms. The highest BCUT2D eigenvalue weighted by atomic mass is 35.5. The quantitative estimate of drug-likeness (QED) is 0.524. The predicted molar refractivity (Wildman–Crippen MR) is 115 cm³/mol. The smallest absolute Gasteiger partial charge is 0.339 e. The Bertz CT molecular complexity index is 1000. The third kappa shape index (κ3) is 4.43. The summed E-state index contributed by atoms with van der Waals surface area (Å²) in [4.78, 5) is 24.3. The molecule has 0 atom stereocenters. The Labute approximate surface area is 172 Å². The molecule has 2 aromatic carbocycles. The van der Waals surface area contributed by atoms with Gasteiger partial charge in [-0.3, -0.25) is 4.79 Å². The molecule has 2 N–H and O–H groups in total. The van der Waals surface area contributed by atoms with Crippen molar-refractivity contribution in [3.8, 4) is 11.1 Å². The Morgan fingerprint density at radius 1 is 1.07 bits per heavy atom. The van der Waals surface area contributed by atoms with Crippen molar-refractivity contribution in [1.29, 1.82) is 0 Å². The summed E-state index contributed by atoms with van der Waals surface area (Å²) in [5.41, 5.74) is 4.88. The van der Waals surface area contributed by atoms with Gasteiger partial charge in [-0.15, -0.1) is 11.3 Å². The molecule has 0 aliphatic rings. The first-order valence-electron chi connectivity index (χ1n) is 8.82. The molecule has 0 aliphatic heterocycles. The number of amides is 1. The average molecular weight is 414 g/mol. The van der Waals surface area contributed by atoms with E-state index in [9.17, 15) is 14.7 Å². The number of hydrogen-bond acceptors (Lipinski definition) is 3. The summed E-state index contributed by atoms with van der Waals surface area (Å²) in [7, 11) is 0. The van der Waals surface area contributed by atoms with Crippen molar-refractivity contribution < 1.29 is 14.7 Å². The molecule has 0 unspecified atom stereocenters. The molecular weight excluding hydrogens is 394 g/mol. The number of carboxylic acids is 1. The Hall–Kier alpha value is -2.63. The van der Waals surface area contributed by atoms with Gasteiger partial charge in [0.2, 0.25) is 5.91 Å².